The van der Waals surface area contributed by atoms with Crippen molar-refractivity contribution in [2.24, 2.45) is 0 Å². The minimum Gasteiger partial charge on any atom is -0.352 e. The molecule has 0 fully saturated rings. The van der Waals surface area contributed by atoms with Gasteiger partial charge in [-0.15, -0.1) is 0 Å². The molecule has 0 unspecified atom stereocenters. The van der Waals surface area contributed by atoms with Crippen LogP contribution in [0.3, 0.4) is 0 Å². The molecule has 36 heavy (non-hydrogen) atoms. The molecular weight excluding hydrogens is 450 g/mol. The SMILES string of the molecule is O=C(NCCCn1ccnc1)c1ccc2nc(-c3ccccc3)c(-c3ccc4nccn4c3)nc2c1. The summed E-state index contributed by atoms with van der Waals surface area (Å²) in [6.45, 7) is 1.38. The van der Waals surface area contributed by atoms with E-state index in [4.69, 9.17) is 9.97 Å². The fourth-order valence-corrected chi connectivity index (χ4v) is 4.24. The van der Waals surface area contributed by atoms with Crippen molar-refractivity contribution in [2.75, 3.05) is 6.54 Å². The highest BCUT2D eigenvalue weighted by Gasteiger charge is 2.15. The first kappa shape index (κ1) is 21.7. The average Bonchev–Trinajstić information content (AvgIpc) is 3.62. The van der Waals surface area contributed by atoms with Gasteiger partial charge in [-0.3, -0.25) is 4.79 Å². The first-order chi connectivity index (χ1) is 17.7. The van der Waals surface area contributed by atoms with Crippen molar-refractivity contribution >= 4 is 22.6 Å². The summed E-state index contributed by atoms with van der Waals surface area (Å²) in [5.74, 6) is -0.127. The molecule has 8 nitrogen and oxygen atoms in total. The molecule has 0 atom stereocenters. The fourth-order valence-electron chi connectivity index (χ4n) is 4.24. The predicted molar refractivity (Wildman–Crippen MR) is 138 cm³/mol. The standard InChI is InChI=1S/C28H23N7O/c36-28(31-11-4-14-34-15-12-29-19-34)21-7-9-23-24(17-21)33-27(26(32-23)20-5-2-1-3-6-20)22-8-10-25-30-13-16-35(25)18-22/h1-3,5-10,12-13,15-19H,4,11,14H2,(H,31,36). The summed E-state index contributed by atoms with van der Waals surface area (Å²) < 4.78 is 3.95. The summed E-state index contributed by atoms with van der Waals surface area (Å²) >= 11 is 0. The van der Waals surface area contributed by atoms with Gasteiger partial charge in [0.1, 0.15) is 5.65 Å². The van der Waals surface area contributed by atoms with Crippen LogP contribution in [-0.4, -0.2) is 41.4 Å². The lowest BCUT2D eigenvalue weighted by atomic mass is 10.0. The number of benzene rings is 2. The number of hydrogen-bond acceptors (Lipinski definition) is 5. The molecule has 6 rings (SSSR count). The van der Waals surface area contributed by atoms with Crippen LogP contribution in [0.15, 0.2) is 98.0 Å². The highest BCUT2D eigenvalue weighted by molar-refractivity contribution is 5.98. The number of imidazole rings is 2. The molecule has 0 bridgehead atoms. The molecule has 0 aliphatic carbocycles. The molecule has 1 N–H and O–H groups in total. The highest BCUT2D eigenvalue weighted by Crippen LogP contribution is 2.31. The van der Waals surface area contributed by atoms with E-state index in [1.165, 1.54) is 0 Å². The van der Waals surface area contributed by atoms with Gasteiger partial charge < -0.3 is 14.3 Å². The van der Waals surface area contributed by atoms with Gasteiger partial charge in [0.05, 0.1) is 28.7 Å². The van der Waals surface area contributed by atoms with Gasteiger partial charge >= 0.3 is 0 Å². The maximum Gasteiger partial charge on any atom is 0.251 e. The Morgan fingerprint density at radius 2 is 1.72 bits per heavy atom. The summed E-state index contributed by atoms with van der Waals surface area (Å²) in [5, 5.41) is 3.00. The first-order valence-corrected chi connectivity index (χ1v) is 11.8. The van der Waals surface area contributed by atoms with Gasteiger partial charge in [-0.05, 0) is 36.8 Å². The van der Waals surface area contributed by atoms with E-state index in [-0.39, 0.29) is 5.91 Å². The van der Waals surface area contributed by atoms with E-state index >= 15 is 0 Å². The third kappa shape index (κ3) is 4.32. The molecule has 2 aromatic carbocycles. The monoisotopic (exact) mass is 473 g/mol. The lowest BCUT2D eigenvalue weighted by molar-refractivity contribution is 0.0953. The lowest BCUT2D eigenvalue weighted by Gasteiger charge is -2.12. The number of hydrogen-bond donors (Lipinski definition) is 1. The van der Waals surface area contributed by atoms with E-state index in [9.17, 15) is 4.79 Å². The Morgan fingerprint density at radius 1 is 0.861 bits per heavy atom. The quantitative estimate of drug-likeness (QED) is 0.342. The van der Waals surface area contributed by atoms with Crippen LogP contribution in [0.4, 0.5) is 0 Å². The molecule has 1 amide bonds. The van der Waals surface area contributed by atoms with Gasteiger partial charge in [0.2, 0.25) is 0 Å². The van der Waals surface area contributed by atoms with E-state index in [0.29, 0.717) is 17.6 Å². The van der Waals surface area contributed by atoms with Crippen molar-refractivity contribution in [3.63, 3.8) is 0 Å². The average molecular weight is 474 g/mol. The number of pyridine rings is 1. The van der Waals surface area contributed by atoms with Crippen LogP contribution in [-0.2, 0) is 6.54 Å². The molecule has 176 valence electrons. The predicted octanol–water partition coefficient (Wildman–Crippen LogP) is 4.63. The molecule has 8 heteroatoms. The van der Waals surface area contributed by atoms with Crippen molar-refractivity contribution < 1.29 is 4.79 Å². The molecule has 0 aliphatic rings. The van der Waals surface area contributed by atoms with Gasteiger partial charge in [-0.25, -0.2) is 19.9 Å². The Labute approximate surface area is 207 Å². The molecule has 4 heterocycles. The van der Waals surface area contributed by atoms with E-state index < -0.39 is 0 Å². The van der Waals surface area contributed by atoms with Crippen molar-refractivity contribution in [3.05, 3.63) is 104 Å². The van der Waals surface area contributed by atoms with Crippen LogP contribution >= 0.6 is 0 Å². The Kier molecular flexibility index (Phi) is 5.67. The zero-order valence-electron chi connectivity index (χ0n) is 19.5. The number of carbonyl (C=O) groups is 1. The number of rotatable bonds is 7. The second-order valence-electron chi connectivity index (χ2n) is 8.51. The molecule has 4 aromatic heterocycles. The van der Waals surface area contributed by atoms with Crippen LogP contribution in [0.2, 0.25) is 0 Å². The minimum atomic E-state index is -0.127. The van der Waals surface area contributed by atoms with E-state index in [1.807, 2.05) is 82.2 Å². The van der Waals surface area contributed by atoms with Crippen molar-refractivity contribution in [1.29, 1.82) is 0 Å². The van der Waals surface area contributed by atoms with Crippen molar-refractivity contribution in [1.82, 2.24) is 34.2 Å². The molecule has 0 spiro atoms. The third-order valence-corrected chi connectivity index (χ3v) is 6.07. The van der Waals surface area contributed by atoms with Gasteiger partial charge in [0.15, 0.2) is 0 Å². The zero-order valence-corrected chi connectivity index (χ0v) is 19.5. The summed E-state index contributed by atoms with van der Waals surface area (Å²) in [5.41, 5.74) is 6.26. The summed E-state index contributed by atoms with van der Waals surface area (Å²) in [7, 11) is 0. The number of nitrogens with one attached hydrogen (secondary N) is 1. The smallest absolute Gasteiger partial charge is 0.251 e. The number of fused-ring (bicyclic) bond motifs is 2. The normalized spacial score (nSPS) is 11.2. The van der Waals surface area contributed by atoms with Crippen LogP contribution in [0.1, 0.15) is 16.8 Å². The molecular formula is C28H23N7O. The van der Waals surface area contributed by atoms with Crippen LogP contribution in [0.5, 0.6) is 0 Å². The second kappa shape index (κ2) is 9.42. The van der Waals surface area contributed by atoms with Crippen LogP contribution < -0.4 is 5.32 Å². The number of nitrogens with zero attached hydrogens (tertiary/aromatic N) is 6. The molecule has 0 saturated heterocycles. The fraction of sp³-hybridized carbons (Fsp3) is 0.107. The van der Waals surface area contributed by atoms with E-state index in [2.05, 4.69) is 15.3 Å². The zero-order chi connectivity index (χ0) is 24.3. The number of aryl methyl sites for hydroxylation is 1. The summed E-state index contributed by atoms with van der Waals surface area (Å²) in [4.78, 5) is 31.2. The molecule has 0 saturated carbocycles. The highest BCUT2D eigenvalue weighted by atomic mass is 16.1. The van der Waals surface area contributed by atoms with Crippen LogP contribution in [0, 0.1) is 0 Å². The van der Waals surface area contributed by atoms with Gasteiger partial charge in [-0.2, -0.15) is 0 Å². The molecule has 6 aromatic rings. The Morgan fingerprint density at radius 3 is 2.58 bits per heavy atom. The van der Waals surface area contributed by atoms with Crippen molar-refractivity contribution in [3.8, 4) is 22.5 Å². The maximum atomic E-state index is 12.8. The van der Waals surface area contributed by atoms with E-state index in [0.717, 1.165) is 46.6 Å². The largest absolute Gasteiger partial charge is 0.352 e. The number of carbonyl (C=O) groups excluding carboxylic acids is 1. The third-order valence-electron chi connectivity index (χ3n) is 6.07. The summed E-state index contributed by atoms with van der Waals surface area (Å²) in [6, 6.07) is 19.4. The number of amides is 1. The molecule has 0 aliphatic heterocycles. The Bertz CT molecular complexity index is 1660. The Balaban J connectivity index is 1.34. The Hall–Kier alpha value is -4.85. The topological polar surface area (TPSA) is 90.0 Å². The second-order valence-corrected chi connectivity index (χ2v) is 8.51. The van der Waals surface area contributed by atoms with E-state index in [1.54, 1.807) is 24.8 Å². The van der Waals surface area contributed by atoms with Gasteiger partial charge in [0, 0.05) is 60.8 Å². The lowest BCUT2D eigenvalue weighted by Crippen LogP contribution is -2.25. The van der Waals surface area contributed by atoms with Gasteiger partial charge in [-0.1, -0.05) is 30.3 Å². The van der Waals surface area contributed by atoms with Crippen molar-refractivity contribution in [2.45, 2.75) is 13.0 Å². The molecule has 0 radical (unpaired) electrons. The van der Waals surface area contributed by atoms with Crippen LogP contribution in [0.25, 0.3) is 39.2 Å². The first-order valence-electron chi connectivity index (χ1n) is 11.8. The van der Waals surface area contributed by atoms with Gasteiger partial charge in [0.25, 0.3) is 5.91 Å². The maximum absolute atomic E-state index is 12.8. The number of aromatic nitrogens is 6. The summed E-state index contributed by atoms with van der Waals surface area (Å²) in [6.07, 6.45) is 11.9. The minimum absolute atomic E-state index is 0.127.